The van der Waals surface area contributed by atoms with Crippen LogP contribution in [0, 0.1) is 0 Å². The molecule has 2 aromatic carbocycles. The highest BCUT2D eigenvalue weighted by Gasteiger charge is 2.15. The maximum absolute atomic E-state index is 12.7. The Morgan fingerprint density at radius 2 is 1.88 bits per heavy atom. The van der Waals surface area contributed by atoms with Gasteiger partial charge in [-0.25, -0.2) is 4.98 Å². The number of hydrogen-bond donors (Lipinski definition) is 0. The number of fused-ring (bicyclic) bond motifs is 3. The zero-order valence-electron chi connectivity index (χ0n) is 12.9. The number of halogens is 1. The molecule has 0 saturated carbocycles. The number of rotatable bonds is 3. The van der Waals surface area contributed by atoms with Crippen LogP contribution in [0.5, 0.6) is 5.75 Å². The lowest BCUT2D eigenvalue weighted by Gasteiger charge is -2.07. The van der Waals surface area contributed by atoms with Crippen molar-refractivity contribution in [2.45, 2.75) is 0 Å². The van der Waals surface area contributed by atoms with Crippen LogP contribution in [0.1, 0.15) is 16.1 Å². The number of hydrogen-bond acceptors (Lipinski definition) is 3. The van der Waals surface area contributed by atoms with E-state index in [1.54, 1.807) is 37.6 Å². The lowest BCUT2D eigenvalue weighted by atomic mass is 10.1. The highest BCUT2D eigenvalue weighted by Crippen LogP contribution is 2.28. The second kappa shape index (κ2) is 5.65. The van der Waals surface area contributed by atoms with Crippen molar-refractivity contribution in [1.29, 1.82) is 0 Å². The summed E-state index contributed by atoms with van der Waals surface area (Å²) in [5, 5.41) is 1.56. The van der Waals surface area contributed by atoms with E-state index in [4.69, 9.17) is 16.3 Å². The Bertz CT molecular complexity index is 1070. The Hall–Kier alpha value is -2.85. The Kier molecular flexibility index (Phi) is 3.47. The maximum atomic E-state index is 12.7. The van der Waals surface area contributed by atoms with E-state index in [9.17, 15) is 4.79 Å². The first-order valence-electron chi connectivity index (χ1n) is 7.42. The third-order valence-corrected chi connectivity index (χ3v) is 4.23. The largest absolute Gasteiger partial charge is 0.496 e. The first-order chi connectivity index (χ1) is 11.7. The van der Waals surface area contributed by atoms with Gasteiger partial charge in [0.25, 0.3) is 0 Å². The van der Waals surface area contributed by atoms with Crippen molar-refractivity contribution in [3.63, 3.8) is 0 Å². The molecule has 5 heteroatoms. The van der Waals surface area contributed by atoms with Crippen LogP contribution in [0.4, 0.5) is 0 Å². The van der Waals surface area contributed by atoms with Gasteiger partial charge < -0.3 is 4.74 Å². The van der Waals surface area contributed by atoms with Crippen LogP contribution in [-0.4, -0.2) is 22.3 Å². The van der Waals surface area contributed by atoms with Gasteiger partial charge in [0.05, 0.1) is 12.6 Å². The highest BCUT2D eigenvalue weighted by molar-refractivity contribution is 6.30. The van der Waals surface area contributed by atoms with Gasteiger partial charge in [0.15, 0.2) is 0 Å². The number of para-hydroxylation sites is 1. The van der Waals surface area contributed by atoms with Crippen molar-refractivity contribution in [2.75, 3.05) is 7.11 Å². The van der Waals surface area contributed by atoms with Crippen molar-refractivity contribution in [3.05, 3.63) is 77.1 Å². The molecule has 0 atom stereocenters. The van der Waals surface area contributed by atoms with Crippen molar-refractivity contribution >= 4 is 33.9 Å². The lowest BCUT2D eigenvalue weighted by Crippen LogP contribution is -2.01. The van der Waals surface area contributed by atoms with Crippen LogP contribution in [0.25, 0.3) is 16.6 Å². The Labute approximate surface area is 143 Å². The molecule has 118 valence electrons. The standard InChI is InChI=1S/C19H13ClN2O2/c1-24-17-10-18-21-15(19(23)12-6-8-13(20)9-7-12)11-22(18)16-5-3-2-4-14(16)17/h2-11H,1H3. The molecule has 0 spiro atoms. The highest BCUT2D eigenvalue weighted by atomic mass is 35.5. The van der Waals surface area contributed by atoms with Gasteiger partial charge in [-0.05, 0) is 36.4 Å². The molecule has 0 aliphatic rings. The summed E-state index contributed by atoms with van der Waals surface area (Å²) in [6, 6.07) is 16.5. The molecular weight excluding hydrogens is 324 g/mol. The average Bonchev–Trinajstić information content (AvgIpc) is 3.05. The van der Waals surface area contributed by atoms with Gasteiger partial charge in [0, 0.05) is 28.2 Å². The quantitative estimate of drug-likeness (QED) is 0.521. The van der Waals surface area contributed by atoms with E-state index in [1.807, 2.05) is 34.7 Å². The van der Waals surface area contributed by atoms with Gasteiger partial charge in [0.1, 0.15) is 17.1 Å². The summed E-state index contributed by atoms with van der Waals surface area (Å²) in [6.07, 6.45) is 1.76. The minimum Gasteiger partial charge on any atom is -0.496 e. The monoisotopic (exact) mass is 336 g/mol. The molecule has 0 amide bonds. The molecule has 4 nitrogen and oxygen atoms in total. The van der Waals surface area contributed by atoms with Gasteiger partial charge in [-0.1, -0.05) is 23.7 Å². The molecule has 4 rings (SSSR count). The molecule has 24 heavy (non-hydrogen) atoms. The number of aromatic nitrogens is 2. The van der Waals surface area contributed by atoms with Gasteiger partial charge in [-0.15, -0.1) is 0 Å². The first kappa shape index (κ1) is 14.7. The van der Waals surface area contributed by atoms with Gasteiger partial charge in [-0.3, -0.25) is 9.20 Å². The van der Waals surface area contributed by atoms with Crippen LogP contribution in [-0.2, 0) is 0 Å². The average molecular weight is 337 g/mol. The third-order valence-electron chi connectivity index (χ3n) is 3.98. The molecule has 0 aliphatic heterocycles. The zero-order chi connectivity index (χ0) is 16.7. The SMILES string of the molecule is COc1cc2nc(C(=O)c3ccc(Cl)cc3)cn2c2ccccc12. The zero-order valence-corrected chi connectivity index (χ0v) is 13.6. The van der Waals surface area contributed by atoms with Crippen molar-refractivity contribution in [2.24, 2.45) is 0 Å². The Balaban J connectivity index is 1.91. The van der Waals surface area contributed by atoms with E-state index in [2.05, 4.69) is 4.98 Å². The minimum absolute atomic E-state index is 0.140. The summed E-state index contributed by atoms with van der Waals surface area (Å²) in [5.41, 5.74) is 2.55. The second-order valence-corrected chi connectivity index (χ2v) is 5.86. The van der Waals surface area contributed by atoms with E-state index < -0.39 is 0 Å². The predicted molar refractivity (Wildman–Crippen MR) is 94.1 cm³/mol. The smallest absolute Gasteiger partial charge is 0.212 e. The number of imidazole rings is 1. The number of carbonyl (C=O) groups is 1. The Morgan fingerprint density at radius 3 is 2.62 bits per heavy atom. The number of ketones is 1. The van der Waals surface area contributed by atoms with Crippen molar-refractivity contribution in [3.8, 4) is 5.75 Å². The van der Waals surface area contributed by atoms with Crippen LogP contribution >= 0.6 is 11.6 Å². The molecule has 2 aromatic heterocycles. The number of pyridine rings is 1. The minimum atomic E-state index is -0.140. The number of benzene rings is 2. The molecule has 0 N–H and O–H groups in total. The molecule has 0 bridgehead atoms. The van der Waals surface area contributed by atoms with Crippen molar-refractivity contribution in [1.82, 2.24) is 9.38 Å². The van der Waals surface area contributed by atoms with Gasteiger partial charge >= 0.3 is 0 Å². The van der Waals surface area contributed by atoms with Crippen LogP contribution in [0.2, 0.25) is 5.02 Å². The summed E-state index contributed by atoms with van der Waals surface area (Å²) < 4.78 is 7.35. The van der Waals surface area contributed by atoms with E-state index in [0.717, 1.165) is 16.7 Å². The van der Waals surface area contributed by atoms with Crippen molar-refractivity contribution < 1.29 is 9.53 Å². The molecule has 0 saturated heterocycles. The number of methoxy groups -OCH3 is 1. The molecule has 0 unspecified atom stereocenters. The molecule has 2 heterocycles. The third kappa shape index (κ3) is 2.32. The predicted octanol–water partition coefficient (Wildman–Crippen LogP) is 4.38. The van der Waals surface area contributed by atoms with Gasteiger partial charge in [0.2, 0.25) is 5.78 Å². The number of nitrogens with zero attached hydrogens (tertiary/aromatic N) is 2. The fourth-order valence-electron chi connectivity index (χ4n) is 2.80. The fourth-order valence-corrected chi connectivity index (χ4v) is 2.93. The second-order valence-electron chi connectivity index (χ2n) is 5.42. The summed E-state index contributed by atoms with van der Waals surface area (Å²) in [5.74, 6) is 0.590. The lowest BCUT2D eigenvalue weighted by molar-refractivity contribution is 0.103. The van der Waals surface area contributed by atoms with Crippen LogP contribution in [0.15, 0.2) is 60.8 Å². The molecular formula is C19H13ClN2O2. The van der Waals surface area contributed by atoms with Crippen LogP contribution in [0.3, 0.4) is 0 Å². The topological polar surface area (TPSA) is 43.6 Å². The number of ether oxygens (including phenoxy) is 1. The fraction of sp³-hybridized carbons (Fsp3) is 0.0526. The van der Waals surface area contributed by atoms with Crippen LogP contribution < -0.4 is 4.74 Å². The summed E-state index contributed by atoms with van der Waals surface area (Å²) in [4.78, 5) is 17.1. The summed E-state index contributed by atoms with van der Waals surface area (Å²) in [6.45, 7) is 0. The molecule has 0 radical (unpaired) electrons. The molecule has 4 aromatic rings. The maximum Gasteiger partial charge on any atom is 0.212 e. The van der Waals surface area contributed by atoms with E-state index >= 15 is 0 Å². The van der Waals surface area contributed by atoms with E-state index in [-0.39, 0.29) is 5.78 Å². The van der Waals surface area contributed by atoms with E-state index in [0.29, 0.717) is 21.9 Å². The summed E-state index contributed by atoms with van der Waals surface area (Å²) >= 11 is 5.88. The Morgan fingerprint density at radius 1 is 1.12 bits per heavy atom. The van der Waals surface area contributed by atoms with Gasteiger partial charge in [-0.2, -0.15) is 0 Å². The first-order valence-corrected chi connectivity index (χ1v) is 7.80. The number of carbonyl (C=O) groups excluding carboxylic acids is 1. The molecule has 0 aliphatic carbocycles. The molecule has 0 fully saturated rings. The van der Waals surface area contributed by atoms with E-state index in [1.165, 1.54) is 0 Å². The summed E-state index contributed by atoms with van der Waals surface area (Å²) in [7, 11) is 1.63. The normalized spacial score (nSPS) is 11.1.